The lowest BCUT2D eigenvalue weighted by Crippen LogP contribution is -2.12. The Morgan fingerprint density at radius 1 is 1.19 bits per heavy atom. The highest BCUT2D eigenvalue weighted by molar-refractivity contribution is 5.89. The zero-order chi connectivity index (χ0) is 11.8. The van der Waals surface area contributed by atoms with Gasteiger partial charge in [0.05, 0.1) is 0 Å². The van der Waals surface area contributed by atoms with E-state index in [0.717, 1.165) is 18.8 Å². The minimum Gasteiger partial charge on any atom is -0.295 e. The summed E-state index contributed by atoms with van der Waals surface area (Å²) in [5, 5.41) is 0. The van der Waals surface area contributed by atoms with Crippen LogP contribution in [0.4, 0.5) is 0 Å². The van der Waals surface area contributed by atoms with Crippen molar-refractivity contribution in [1.29, 1.82) is 0 Å². The van der Waals surface area contributed by atoms with Gasteiger partial charge in [-0.15, -0.1) is 0 Å². The molecule has 0 N–H and O–H groups in total. The smallest absolute Gasteiger partial charge is 0.155 e. The van der Waals surface area contributed by atoms with Crippen LogP contribution in [-0.2, 0) is 4.79 Å². The van der Waals surface area contributed by atoms with E-state index in [-0.39, 0.29) is 0 Å². The van der Waals surface area contributed by atoms with Crippen LogP contribution in [0.15, 0.2) is 12.2 Å². The van der Waals surface area contributed by atoms with E-state index in [2.05, 4.69) is 19.9 Å². The molecule has 0 saturated heterocycles. The Hall–Kier alpha value is -0.590. The van der Waals surface area contributed by atoms with Crippen LogP contribution in [0.1, 0.15) is 65.2 Å². The van der Waals surface area contributed by atoms with E-state index in [0.29, 0.717) is 11.7 Å². The van der Waals surface area contributed by atoms with Crippen molar-refractivity contribution in [2.24, 2.45) is 11.8 Å². The highest BCUT2D eigenvalue weighted by Gasteiger charge is 2.21. The zero-order valence-electron chi connectivity index (χ0n) is 10.9. The Bertz CT molecular complexity index is 230. The van der Waals surface area contributed by atoms with Crippen LogP contribution in [0, 0.1) is 11.8 Å². The van der Waals surface area contributed by atoms with Gasteiger partial charge in [0.15, 0.2) is 5.78 Å². The maximum absolute atomic E-state index is 11.4. The molecule has 0 amide bonds. The van der Waals surface area contributed by atoms with E-state index in [1.807, 2.05) is 6.08 Å². The maximum Gasteiger partial charge on any atom is 0.155 e. The van der Waals surface area contributed by atoms with Crippen molar-refractivity contribution >= 4 is 5.78 Å². The van der Waals surface area contributed by atoms with Crippen molar-refractivity contribution in [2.45, 2.75) is 65.2 Å². The lowest BCUT2D eigenvalue weighted by atomic mass is 9.82. The Balaban J connectivity index is 2.53. The first kappa shape index (κ1) is 13.5. The molecule has 0 spiro atoms. The summed E-state index contributed by atoms with van der Waals surface area (Å²) in [7, 11) is 0. The average Bonchev–Trinajstić information content (AvgIpc) is 2.46. The highest BCUT2D eigenvalue weighted by atomic mass is 16.1. The van der Waals surface area contributed by atoms with E-state index in [4.69, 9.17) is 0 Å². The number of rotatable bonds is 6. The number of allylic oxidation sites excluding steroid dienone is 2. The van der Waals surface area contributed by atoms with Crippen LogP contribution >= 0.6 is 0 Å². The van der Waals surface area contributed by atoms with Gasteiger partial charge in [-0.1, -0.05) is 45.6 Å². The van der Waals surface area contributed by atoms with Crippen molar-refractivity contribution in [3.63, 3.8) is 0 Å². The molecule has 1 aliphatic rings. The Kier molecular flexibility index (Phi) is 6.44. The molecular weight excluding hydrogens is 196 g/mol. The third kappa shape index (κ3) is 4.51. The second-order valence-corrected chi connectivity index (χ2v) is 5.07. The van der Waals surface area contributed by atoms with Crippen molar-refractivity contribution in [1.82, 2.24) is 0 Å². The number of carbonyl (C=O) groups excluding carboxylic acids is 1. The molecule has 0 radical (unpaired) electrons. The summed E-state index contributed by atoms with van der Waals surface area (Å²) in [4.78, 5) is 11.4. The first-order valence-electron chi connectivity index (χ1n) is 6.99. The van der Waals surface area contributed by atoms with Crippen molar-refractivity contribution in [3.05, 3.63) is 12.2 Å². The number of hydrogen-bond acceptors (Lipinski definition) is 1. The molecule has 0 aromatic rings. The molecular formula is C15H26O. The fraction of sp³-hybridized carbons (Fsp3) is 0.800. The SMILES string of the molecule is CCCCC1C=CC(=O)CCC1CCCC. The van der Waals surface area contributed by atoms with Crippen LogP contribution in [0.25, 0.3) is 0 Å². The van der Waals surface area contributed by atoms with Crippen LogP contribution in [0.5, 0.6) is 0 Å². The standard InChI is InChI=1S/C15H26O/c1-3-5-7-13-9-11-15(16)12-10-14(13)8-6-4-2/h9,11,13-14H,3-8,10,12H2,1-2H3. The van der Waals surface area contributed by atoms with Crippen molar-refractivity contribution in [3.8, 4) is 0 Å². The summed E-state index contributed by atoms with van der Waals surface area (Å²) in [6.07, 6.45) is 13.6. The van der Waals surface area contributed by atoms with Gasteiger partial charge in [-0.3, -0.25) is 4.79 Å². The van der Waals surface area contributed by atoms with Gasteiger partial charge in [0.25, 0.3) is 0 Å². The molecule has 1 aliphatic carbocycles. The molecule has 0 aliphatic heterocycles. The normalized spacial score (nSPS) is 25.8. The van der Waals surface area contributed by atoms with Crippen molar-refractivity contribution < 1.29 is 4.79 Å². The van der Waals surface area contributed by atoms with Gasteiger partial charge in [0.2, 0.25) is 0 Å². The summed E-state index contributed by atoms with van der Waals surface area (Å²) in [5.41, 5.74) is 0. The molecule has 0 aromatic heterocycles. The third-order valence-electron chi connectivity index (χ3n) is 3.72. The molecule has 2 atom stereocenters. The second kappa shape index (κ2) is 7.65. The number of hydrogen-bond donors (Lipinski definition) is 0. The summed E-state index contributed by atoms with van der Waals surface area (Å²) >= 11 is 0. The lowest BCUT2D eigenvalue weighted by Gasteiger charge is -2.23. The van der Waals surface area contributed by atoms with E-state index >= 15 is 0 Å². The summed E-state index contributed by atoms with van der Waals surface area (Å²) in [5.74, 6) is 1.76. The van der Waals surface area contributed by atoms with Gasteiger partial charge in [0, 0.05) is 6.42 Å². The highest BCUT2D eigenvalue weighted by Crippen LogP contribution is 2.31. The van der Waals surface area contributed by atoms with E-state index in [1.165, 1.54) is 38.5 Å². The predicted molar refractivity (Wildman–Crippen MR) is 69.4 cm³/mol. The largest absolute Gasteiger partial charge is 0.295 e. The average molecular weight is 222 g/mol. The molecule has 1 nitrogen and oxygen atoms in total. The van der Waals surface area contributed by atoms with Gasteiger partial charge in [-0.05, 0) is 37.2 Å². The first-order valence-corrected chi connectivity index (χ1v) is 6.99. The minimum atomic E-state index is 0.334. The molecule has 2 unspecified atom stereocenters. The Morgan fingerprint density at radius 2 is 1.88 bits per heavy atom. The van der Waals surface area contributed by atoms with Crippen LogP contribution in [0.3, 0.4) is 0 Å². The summed E-state index contributed by atoms with van der Waals surface area (Å²) in [6, 6.07) is 0. The summed E-state index contributed by atoms with van der Waals surface area (Å²) in [6.45, 7) is 4.49. The molecule has 0 heterocycles. The molecule has 1 heteroatoms. The van der Waals surface area contributed by atoms with Crippen LogP contribution in [0.2, 0.25) is 0 Å². The van der Waals surface area contributed by atoms with Gasteiger partial charge in [0.1, 0.15) is 0 Å². The fourth-order valence-electron chi connectivity index (χ4n) is 2.61. The molecule has 16 heavy (non-hydrogen) atoms. The Labute approximate surface area is 100 Å². The fourth-order valence-corrected chi connectivity index (χ4v) is 2.61. The van der Waals surface area contributed by atoms with Crippen LogP contribution < -0.4 is 0 Å². The third-order valence-corrected chi connectivity index (χ3v) is 3.72. The van der Waals surface area contributed by atoms with Gasteiger partial charge in [-0.2, -0.15) is 0 Å². The number of unbranched alkanes of at least 4 members (excludes halogenated alkanes) is 2. The summed E-state index contributed by atoms with van der Waals surface area (Å²) < 4.78 is 0. The number of carbonyl (C=O) groups is 1. The molecule has 92 valence electrons. The van der Waals surface area contributed by atoms with E-state index < -0.39 is 0 Å². The molecule has 0 saturated carbocycles. The molecule has 1 rings (SSSR count). The van der Waals surface area contributed by atoms with Gasteiger partial charge < -0.3 is 0 Å². The number of ketones is 1. The van der Waals surface area contributed by atoms with Crippen LogP contribution in [-0.4, -0.2) is 5.78 Å². The topological polar surface area (TPSA) is 17.1 Å². The molecule has 0 fully saturated rings. The zero-order valence-corrected chi connectivity index (χ0v) is 10.9. The van der Waals surface area contributed by atoms with E-state index in [1.54, 1.807) is 0 Å². The quantitative estimate of drug-likeness (QED) is 0.646. The monoisotopic (exact) mass is 222 g/mol. The van der Waals surface area contributed by atoms with Gasteiger partial charge in [-0.25, -0.2) is 0 Å². The minimum absolute atomic E-state index is 0.334. The maximum atomic E-state index is 11.4. The van der Waals surface area contributed by atoms with E-state index in [9.17, 15) is 4.79 Å². The molecule has 0 aromatic carbocycles. The van der Waals surface area contributed by atoms with Gasteiger partial charge >= 0.3 is 0 Å². The predicted octanol–water partition coefficient (Wildman–Crippen LogP) is 4.52. The Morgan fingerprint density at radius 3 is 2.56 bits per heavy atom. The lowest BCUT2D eigenvalue weighted by molar-refractivity contribution is -0.114. The first-order chi connectivity index (χ1) is 7.77. The molecule has 0 bridgehead atoms. The van der Waals surface area contributed by atoms with Crippen molar-refractivity contribution in [2.75, 3.05) is 0 Å². The second-order valence-electron chi connectivity index (χ2n) is 5.07.